The summed E-state index contributed by atoms with van der Waals surface area (Å²) in [5.41, 5.74) is 0. The van der Waals surface area contributed by atoms with Crippen LogP contribution in [-0.2, 0) is 65.4 Å². The molecular formula is C80H156O17P2. The minimum atomic E-state index is -4.96. The van der Waals surface area contributed by atoms with Gasteiger partial charge in [0.05, 0.1) is 26.4 Å². The van der Waals surface area contributed by atoms with Gasteiger partial charge in [-0.1, -0.05) is 363 Å². The summed E-state index contributed by atoms with van der Waals surface area (Å²) in [6.45, 7) is 11.9. The van der Waals surface area contributed by atoms with E-state index in [-0.39, 0.29) is 25.7 Å². The van der Waals surface area contributed by atoms with E-state index >= 15 is 0 Å². The number of unbranched alkanes of at least 4 members (excludes halogenated alkanes) is 46. The molecule has 0 radical (unpaired) electrons. The minimum Gasteiger partial charge on any atom is -0.462 e. The molecule has 0 aliphatic carbocycles. The molecule has 3 N–H and O–H groups in total. The average Bonchev–Trinajstić information content (AvgIpc) is 0.965. The Balaban J connectivity index is 5.19. The van der Waals surface area contributed by atoms with E-state index in [2.05, 4.69) is 48.5 Å². The van der Waals surface area contributed by atoms with Crippen LogP contribution in [-0.4, -0.2) is 96.7 Å². The highest BCUT2D eigenvalue weighted by atomic mass is 31.2. The molecule has 0 aliphatic heterocycles. The summed E-state index contributed by atoms with van der Waals surface area (Å²) in [5.74, 6) is 0.192. The summed E-state index contributed by atoms with van der Waals surface area (Å²) >= 11 is 0. The molecule has 0 bridgehead atoms. The molecule has 0 amide bonds. The molecule has 0 heterocycles. The monoisotopic (exact) mass is 1450 g/mol. The number of aliphatic hydroxyl groups excluding tert-OH is 1. The second-order valence-corrected chi connectivity index (χ2v) is 33.1. The van der Waals surface area contributed by atoms with Crippen LogP contribution in [0.15, 0.2) is 0 Å². The van der Waals surface area contributed by atoms with Crippen molar-refractivity contribution in [1.29, 1.82) is 0 Å². The van der Waals surface area contributed by atoms with Crippen molar-refractivity contribution >= 4 is 39.5 Å². The Hall–Kier alpha value is -1.94. The van der Waals surface area contributed by atoms with Crippen molar-refractivity contribution in [3.8, 4) is 0 Å². The van der Waals surface area contributed by atoms with Gasteiger partial charge in [-0.3, -0.25) is 37.3 Å². The van der Waals surface area contributed by atoms with Gasteiger partial charge in [0, 0.05) is 25.7 Å². The number of aliphatic hydroxyl groups is 1. The molecule has 5 atom stereocenters. The van der Waals surface area contributed by atoms with Crippen LogP contribution < -0.4 is 0 Å². The lowest BCUT2D eigenvalue weighted by Gasteiger charge is -2.21. The van der Waals surface area contributed by atoms with E-state index in [9.17, 15) is 43.2 Å². The Morgan fingerprint density at radius 2 is 0.465 bits per heavy atom. The van der Waals surface area contributed by atoms with Crippen LogP contribution in [0.25, 0.3) is 0 Å². The van der Waals surface area contributed by atoms with E-state index in [4.69, 9.17) is 37.0 Å². The first-order valence-corrected chi connectivity index (χ1v) is 44.3. The second-order valence-electron chi connectivity index (χ2n) is 30.2. The normalized spacial score (nSPS) is 14.0. The summed E-state index contributed by atoms with van der Waals surface area (Å²) in [5, 5.41) is 10.6. The first-order valence-electron chi connectivity index (χ1n) is 41.3. The highest BCUT2D eigenvalue weighted by Crippen LogP contribution is 2.45. The van der Waals surface area contributed by atoms with Crippen molar-refractivity contribution in [2.75, 3.05) is 39.6 Å². The van der Waals surface area contributed by atoms with E-state index in [1.807, 2.05) is 0 Å². The molecule has 0 saturated carbocycles. The molecular weight excluding hydrogens is 1290 g/mol. The molecule has 19 heteroatoms. The number of phosphoric ester groups is 2. The van der Waals surface area contributed by atoms with Crippen molar-refractivity contribution < 1.29 is 80.2 Å². The fourth-order valence-corrected chi connectivity index (χ4v) is 13.9. The largest absolute Gasteiger partial charge is 0.472 e. The molecule has 17 nitrogen and oxygen atoms in total. The van der Waals surface area contributed by atoms with Crippen LogP contribution in [0.2, 0.25) is 0 Å². The molecule has 0 rings (SSSR count). The molecule has 2 unspecified atom stereocenters. The van der Waals surface area contributed by atoms with Crippen molar-refractivity contribution in [3.63, 3.8) is 0 Å². The third kappa shape index (κ3) is 74.1. The average molecular weight is 1450 g/mol. The summed E-state index contributed by atoms with van der Waals surface area (Å²) in [7, 11) is -9.91. The van der Waals surface area contributed by atoms with Gasteiger partial charge in [-0.25, -0.2) is 9.13 Å². The molecule has 0 aliphatic rings. The Bertz CT molecular complexity index is 1920. The zero-order valence-electron chi connectivity index (χ0n) is 65.0. The van der Waals surface area contributed by atoms with Gasteiger partial charge in [0.25, 0.3) is 0 Å². The van der Waals surface area contributed by atoms with Crippen LogP contribution in [0, 0.1) is 17.8 Å². The standard InChI is InChI=1S/C80H156O17P2/c1-8-9-10-11-12-13-27-35-40-49-56-63-79(84)97-76(68-91-78(83)62-55-48-43-42-46-53-60-73(6)7)70-95-99(88,89)93-66-74(81)65-92-98(86,87)94-69-75(67-90-77(82)61-54-47-39-34-30-25-22-18-20-24-29-33-38-45-52-59-72(4)5)96-80(85)64-57-50-41-36-31-26-21-17-15-14-16-19-23-28-32-37-44-51-58-71(2)3/h71-76,81H,8-70H2,1-7H3,(H,86,87)(H,88,89)/t74-,75-,76-/m1/s1. The third-order valence-corrected chi connectivity index (χ3v) is 20.5. The second kappa shape index (κ2) is 70.4. The maximum Gasteiger partial charge on any atom is 0.472 e. The maximum absolute atomic E-state index is 13.1. The van der Waals surface area contributed by atoms with Gasteiger partial charge in [-0.15, -0.1) is 0 Å². The van der Waals surface area contributed by atoms with Crippen molar-refractivity contribution in [2.24, 2.45) is 17.8 Å². The van der Waals surface area contributed by atoms with Gasteiger partial charge in [0.1, 0.15) is 19.3 Å². The van der Waals surface area contributed by atoms with Crippen LogP contribution in [0.1, 0.15) is 414 Å². The molecule has 0 aromatic heterocycles. The number of ether oxygens (including phenoxy) is 4. The number of rotatable bonds is 78. The summed E-state index contributed by atoms with van der Waals surface area (Å²) in [4.78, 5) is 72.9. The number of carbonyl (C=O) groups is 4. The van der Waals surface area contributed by atoms with Crippen molar-refractivity contribution in [3.05, 3.63) is 0 Å². The number of hydrogen-bond donors (Lipinski definition) is 3. The van der Waals surface area contributed by atoms with Crippen molar-refractivity contribution in [2.45, 2.75) is 433 Å². The first kappa shape index (κ1) is 97.1. The van der Waals surface area contributed by atoms with Crippen LogP contribution in [0.4, 0.5) is 0 Å². The van der Waals surface area contributed by atoms with Gasteiger partial charge >= 0.3 is 39.5 Å². The number of hydrogen-bond acceptors (Lipinski definition) is 15. The van der Waals surface area contributed by atoms with E-state index < -0.39 is 97.5 Å². The molecule has 99 heavy (non-hydrogen) atoms. The van der Waals surface area contributed by atoms with Gasteiger partial charge in [0.15, 0.2) is 12.2 Å². The van der Waals surface area contributed by atoms with Crippen LogP contribution in [0.3, 0.4) is 0 Å². The molecule has 588 valence electrons. The minimum absolute atomic E-state index is 0.106. The zero-order valence-corrected chi connectivity index (χ0v) is 66.8. The fourth-order valence-electron chi connectivity index (χ4n) is 12.3. The predicted molar refractivity (Wildman–Crippen MR) is 405 cm³/mol. The highest BCUT2D eigenvalue weighted by molar-refractivity contribution is 7.47. The molecule has 0 aromatic carbocycles. The first-order chi connectivity index (χ1) is 47.7. The maximum atomic E-state index is 13.1. The van der Waals surface area contributed by atoms with E-state index in [0.29, 0.717) is 31.6 Å². The number of esters is 4. The third-order valence-electron chi connectivity index (χ3n) is 18.6. The summed E-state index contributed by atoms with van der Waals surface area (Å²) in [6, 6.07) is 0. The predicted octanol–water partition coefficient (Wildman–Crippen LogP) is 23.7. The van der Waals surface area contributed by atoms with Gasteiger partial charge in [0.2, 0.25) is 0 Å². The number of carbonyl (C=O) groups excluding carboxylic acids is 4. The SMILES string of the molecule is CCCCCCCCCCCCCC(=O)O[C@H](COC(=O)CCCCCCCCC(C)C)COP(=O)(O)OC[C@H](O)COP(=O)(O)OC[C@@H](COC(=O)CCCCCCCCCCCCCCCCCC(C)C)OC(=O)CCCCCCCCCCCCCCCCCCCCC(C)C. The van der Waals surface area contributed by atoms with E-state index in [1.165, 1.54) is 218 Å². The van der Waals surface area contributed by atoms with Gasteiger partial charge < -0.3 is 33.8 Å². The zero-order chi connectivity index (χ0) is 73.0. The molecule has 0 spiro atoms. The fraction of sp³-hybridized carbons (Fsp3) is 0.950. The summed E-state index contributed by atoms with van der Waals surface area (Å²) in [6.07, 6.45) is 58.5. The van der Waals surface area contributed by atoms with E-state index in [0.717, 1.165) is 108 Å². The lowest BCUT2D eigenvalue weighted by atomic mass is 10.0. The summed E-state index contributed by atoms with van der Waals surface area (Å²) < 4.78 is 68.6. The topological polar surface area (TPSA) is 237 Å². The Morgan fingerprint density at radius 3 is 0.687 bits per heavy atom. The number of phosphoric acid groups is 2. The molecule has 0 aromatic rings. The van der Waals surface area contributed by atoms with E-state index in [1.54, 1.807) is 0 Å². The quantitative estimate of drug-likeness (QED) is 0.0222. The Labute approximate surface area is 607 Å². The molecule has 0 saturated heterocycles. The van der Waals surface area contributed by atoms with Gasteiger partial charge in [-0.2, -0.15) is 0 Å². The molecule has 0 fully saturated rings. The van der Waals surface area contributed by atoms with Crippen LogP contribution in [0.5, 0.6) is 0 Å². The van der Waals surface area contributed by atoms with Gasteiger partial charge in [-0.05, 0) is 43.4 Å². The van der Waals surface area contributed by atoms with Crippen molar-refractivity contribution in [1.82, 2.24) is 0 Å². The van der Waals surface area contributed by atoms with Crippen LogP contribution >= 0.6 is 15.6 Å². The Kier molecular flexibility index (Phi) is 69.0. The lowest BCUT2D eigenvalue weighted by Crippen LogP contribution is -2.30. The highest BCUT2D eigenvalue weighted by Gasteiger charge is 2.30. The Morgan fingerprint density at radius 1 is 0.273 bits per heavy atom. The smallest absolute Gasteiger partial charge is 0.462 e. The lowest BCUT2D eigenvalue weighted by molar-refractivity contribution is -0.161.